The number of piperazine rings is 1. The summed E-state index contributed by atoms with van der Waals surface area (Å²) in [6, 6.07) is 7.41. The third kappa shape index (κ3) is 4.72. The Labute approximate surface area is 130 Å². The van der Waals surface area contributed by atoms with E-state index in [4.69, 9.17) is 0 Å². The van der Waals surface area contributed by atoms with Crippen molar-refractivity contribution in [2.45, 2.75) is 46.7 Å². The molecule has 2 rings (SSSR count). The van der Waals surface area contributed by atoms with E-state index in [9.17, 15) is 0 Å². The lowest BCUT2D eigenvalue weighted by Crippen LogP contribution is -2.47. The van der Waals surface area contributed by atoms with Gasteiger partial charge >= 0.3 is 0 Å². The van der Waals surface area contributed by atoms with Gasteiger partial charge in [-0.25, -0.2) is 0 Å². The van der Waals surface area contributed by atoms with E-state index >= 15 is 0 Å². The molecule has 0 bridgehead atoms. The second-order valence-corrected chi connectivity index (χ2v) is 6.50. The summed E-state index contributed by atoms with van der Waals surface area (Å²) in [5.41, 5.74) is 4.21. The fourth-order valence-corrected chi connectivity index (χ4v) is 3.01. The molecule has 0 atom stereocenters. The van der Waals surface area contributed by atoms with Gasteiger partial charge in [0.15, 0.2) is 0 Å². The number of anilines is 1. The highest BCUT2D eigenvalue weighted by Crippen LogP contribution is 2.23. The number of hydrogen-bond acceptors (Lipinski definition) is 3. The molecule has 21 heavy (non-hydrogen) atoms. The lowest BCUT2D eigenvalue weighted by molar-refractivity contribution is 0.258. The Morgan fingerprint density at radius 2 is 1.86 bits per heavy atom. The summed E-state index contributed by atoms with van der Waals surface area (Å²) in [7, 11) is 0. The predicted octanol–water partition coefficient (Wildman–Crippen LogP) is 3.03. The molecule has 1 heterocycles. The van der Waals surface area contributed by atoms with Crippen LogP contribution >= 0.6 is 0 Å². The van der Waals surface area contributed by atoms with Crippen LogP contribution in [0.1, 0.15) is 38.3 Å². The Morgan fingerprint density at radius 3 is 2.48 bits per heavy atom. The first-order valence-electron chi connectivity index (χ1n) is 8.40. The average Bonchev–Trinajstić information content (AvgIpc) is 2.46. The number of nitrogens with zero attached hydrogens (tertiary/aromatic N) is 2. The van der Waals surface area contributed by atoms with Gasteiger partial charge in [0, 0.05) is 44.5 Å². The van der Waals surface area contributed by atoms with Crippen molar-refractivity contribution in [2.75, 3.05) is 37.6 Å². The molecule has 0 unspecified atom stereocenters. The van der Waals surface area contributed by atoms with Crippen LogP contribution in [0.4, 0.5) is 5.69 Å². The molecule has 118 valence electrons. The summed E-state index contributed by atoms with van der Waals surface area (Å²) in [5, 5.41) is 3.56. The van der Waals surface area contributed by atoms with E-state index in [-0.39, 0.29) is 0 Å². The highest BCUT2D eigenvalue weighted by atomic mass is 15.3. The zero-order valence-corrected chi connectivity index (χ0v) is 14.2. The fourth-order valence-electron chi connectivity index (χ4n) is 3.01. The number of nitrogens with one attached hydrogen (secondary N) is 1. The molecule has 1 fully saturated rings. The number of rotatable bonds is 6. The average molecular weight is 289 g/mol. The summed E-state index contributed by atoms with van der Waals surface area (Å²) < 4.78 is 0. The first kappa shape index (κ1) is 16.3. The Bertz CT molecular complexity index is 434. The Balaban J connectivity index is 2.05. The van der Waals surface area contributed by atoms with Crippen LogP contribution in [-0.2, 0) is 6.54 Å². The molecule has 0 amide bonds. The molecule has 1 aromatic rings. The van der Waals surface area contributed by atoms with E-state index in [1.165, 1.54) is 42.9 Å². The predicted molar refractivity (Wildman–Crippen MR) is 92.1 cm³/mol. The molecule has 0 aliphatic carbocycles. The van der Waals surface area contributed by atoms with Crippen molar-refractivity contribution in [3.63, 3.8) is 0 Å². The van der Waals surface area contributed by atoms with E-state index in [1.54, 1.807) is 0 Å². The molecule has 3 heteroatoms. The highest BCUT2D eigenvalue weighted by Gasteiger charge is 2.18. The van der Waals surface area contributed by atoms with Crippen molar-refractivity contribution in [1.82, 2.24) is 10.2 Å². The lowest BCUT2D eigenvalue weighted by atomic mass is 10.1. The van der Waals surface area contributed by atoms with E-state index in [1.807, 2.05) is 0 Å². The van der Waals surface area contributed by atoms with Gasteiger partial charge < -0.3 is 10.2 Å². The smallest absolute Gasteiger partial charge is 0.0412 e. The molecule has 1 saturated heterocycles. The molecular formula is C18H31N3. The van der Waals surface area contributed by atoms with Crippen LogP contribution in [0, 0.1) is 6.92 Å². The molecule has 1 aliphatic rings. The SMILES string of the molecule is CCCN1CCN(c2ccc(C)cc2CNC(C)C)CC1. The summed E-state index contributed by atoms with van der Waals surface area (Å²) in [4.78, 5) is 5.14. The summed E-state index contributed by atoms with van der Waals surface area (Å²) in [6.45, 7) is 15.8. The zero-order valence-electron chi connectivity index (χ0n) is 14.2. The number of aryl methyl sites for hydroxylation is 1. The van der Waals surface area contributed by atoms with Crippen LogP contribution < -0.4 is 10.2 Å². The van der Waals surface area contributed by atoms with Gasteiger partial charge in [0.25, 0.3) is 0 Å². The van der Waals surface area contributed by atoms with E-state index in [0.29, 0.717) is 6.04 Å². The van der Waals surface area contributed by atoms with Crippen LogP contribution in [0.25, 0.3) is 0 Å². The van der Waals surface area contributed by atoms with Gasteiger partial charge in [-0.2, -0.15) is 0 Å². The quantitative estimate of drug-likeness (QED) is 0.868. The van der Waals surface area contributed by atoms with Crippen LogP contribution in [0.3, 0.4) is 0 Å². The largest absolute Gasteiger partial charge is 0.369 e. The minimum atomic E-state index is 0.528. The van der Waals surface area contributed by atoms with Gasteiger partial charge in [0.2, 0.25) is 0 Å². The van der Waals surface area contributed by atoms with Gasteiger partial charge in [-0.1, -0.05) is 38.5 Å². The second kappa shape index (κ2) is 7.81. The van der Waals surface area contributed by atoms with E-state index in [0.717, 1.165) is 19.6 Å². The van der Waals surface area contributed by atoms with Crippen LogP contribution in [-0.4, -0.2) is 43.7 Å². The number of benzene rings is 1. The summed E-state index contributed by atoms with van der Waals surface area (Å²) >= 11 is 0. The molecule has 0 saturated carbocycles. The molecule has 1 aromatic carbocycles. The highest BCUT2D eigenvalue weighted by molar-refractivity contribution is 5.55. The normalized spacial score (nSPS) is 16.7. The minimum absolute atomic E-state index is 0.528. The first-order chi connectivity index (χ1) is 10.1. The molecule has 1 N–H and O–H groups in total. The minimum Gasteiger partial charge on any atom is -0.369 e. The zero-order chi connectivity index (χ0) is 15.2. The van der Waals surface area contributed by atoms with Crippen LogP contribution in [0.5, 0.6) is 0 Å². The lowest BCUT2D eigenvalue weighted by Gasteiger charge is -2.37. The maximum Gasteiger partial charge on any atom is 0.0412 e. The second-order valence-electron chi connectivity index (χ2n) is 6.50. The first-order valence-corrected chi connectivity index (χ1v) is 8.40. The van der Waals surface area contributed by atoms with Gasteiger partial charge in [0.05, 0.1) is 0 Å². The molecule has 0 radical (unpaired) electrons. The Morgan fingerprint density at radius 1 is 1.14 bits per heavy atom. The molecular weight excluding hydrogens is 258 g/mol. The molecule has 0 spiro atoms. The monoisotopic (exact) mass is 289 g/mol. The Hall–Kier alpha value is -1.06. The maximum atomic E-state index is 3.56. The third-order valence-corrected chi connectivity index (χ3v) is 4.19. The van der Waals surface area contributed by atoms with Crippen molar-refractivity contribution in [1.29, 1.82) is 0 Å². The van der Waals surface area contributed by atoms with Gasteiger partial charge in [-0.05, 0) is 31.5 Å². The van der Waals surface area contributed by atoms with E-state index in [2.05, 4.69) is 61.0 Å². The fraction of sp³-hybridized carbons (Fsp3) is 0.667. The summed E-state index contributed by atoms with van der Waals surface area (Å²) in [5.74, 6) is 0. The van der Waals surface area contributed by atoms with E-state index < -0.39 is 0 Å². The van der Waals surface area contributed by atoms with Crippen molar-refractivity contribution >= 4 is 5.69 Å². The topological polar surface area (TPSA) is 18.5 Å². The van der Waals surface area contributed by atoms with Gasteiger partial charge in [-0.15, -0.1) is 0 Å². The van der Waals surface area contributed by atoms with Gasteiger partial charge in [0.1, 0.15) is 0 Å². The standard InChI is InChI=1S/C18H31N3/c1-5-8-20-9-11-21(12-10-20)18-7-6-16(4)13-17(18)14-19-15(2)3/h6-7,13,15,19H,5,8-12,14H2,1-4H3. The number of hydrogen-bond donors (Lipinski definition) is 1. The van der Waals surface area contributed by atoms with Crippen LogP contribution in [0.2, 0.25) is 0 Å². The molecule has 1 aliphatic heterocycles. The van der Waals surface area contributed by atoms with Gasteiger partial charge in [-0.3, -0.25) is 4.90 Å². The Kier molecular flexibility index (Phi) is 6.07. The maximum absolute atomic E-state index is 3.56. The molecule has 0 aromatic heterocycles. The van der Waals surface area contributed by atoms with Crippen LogP contribution in [0.15, 0.2) is 18.2 Å². The van der Waals surface area contributed by atoms with Crippen molar-refractivity contribution in [2.24, 2.45) is 0 Å². The third-order valence-electron chi connectivity index (χ3n) is 4.19. The summed E-state index contributed by atoms with van der Waals surface area (Å²) in [6.07, 6.45) is 1.26. The van der Waals surface area contributed by atoms with Crippen molar-refractivity contribution in [3.8, 4) is 0 Å². The van der Waals surface area contributed by atoms with Crippen molar-refractivity contribution in [3.05, 3.63) is 29.3 Å². The molecule has 3 nitrogen and oxygen atoms in total. The van der Waals surface area contributed by atoms with Crippen molar-refractivity contribution < 1.29 is 0 Å².